The number of urea groups is 1. The molecule has 36 heavy (non-hydrogen) atoms. The molecule has 4 rings (SSSR count). The minimum atomic E-state index is -0.433. The Labute approximate surface area is 211 Å². The van der Waals surface area contributed by atoms with E-state index in [0.29, 0.717) is 26.2 Å². The number of rotatable bonds is 11. The van der Waals surface area contributed by atoms with Crippen LogP contribution in [0.4, 0.5) is 9.18 Å². The number of para-hydroxylation sites is 1. The normalized spacial score (nSPS) is 20.8. The van der Waals surface area contributed by atoms with Crippen LogP contribution >= 0.6 is 0 Å². The fraction of sp³-hybridized carbons (Fsp3) is 0.481. The molecule has 0 radical (unpaired) electrons. The van der Waals surface area contributed by atoms with E-state index in [1.54, 1.807) is 25.3 Å². The third-order valence-corrected chi connectivity index (χ3v) is 6.79. The minimum absolute atomic E-state index is 0.119. The van der Waals surface area contributed by atoms with Gasteiger partial charge in [0, 0.05) is 26.7 Å². The number of ether oxygens (including phenoxy) is 3. The van der Waals surface area contributed by atoms with Crippen molar-refractivity contribution in [3.05, 3.63) is 59.9 Å². The monoisotopic (exact) mass is 499 g/mol. The van der Waals surface area contributed by atoms with Crippen molar-refractivity contribution in [2.75, 3.05) is 46.5 Å². The third kappa shape index (κ3) is 6.95. The summed E-state index contributed by atoms with van der Waals surface area (Å²) in [5.74, 6) is 0.417. The van der Waals surface area contributed by atoms with Crippen molar-refractivity contribution in [2.45, 2.75) is 37.8 Å². The highest BCUT2D eigenvalue weighted by Gasteiger charge is 2.34. The number of hydrogen-bond acceptors (Lipinski definition) is 6. The molecule has 0 bridgehead atoms. The summed E-state index contributed by atoms with van der Waals surface area (Å²) in [5.41, 5.74) is 0.764. The highest BCUT2D eigenvalue weighted by atomic mass is 19.1. The second kappa shape index (κ2) is 12.2. The number of nitrogens with zero attached hydrogens (tertiary/aromatic N) is 2. The molecule has 3 amide bonds. The summed E-state index contributed by atoms with van der Waals surface area (Å²) in [4.78, 5) is 26.7. The van der Waals surface area contributed by atoms with Crippen LogP contribution < -0.4 is 14.8 Å². The van der Waals surface area contributed by atoms with Crippen LogP contribution in [-0.2, 0) is 16.1 Å². The first-order valence-electron chi connectivity index (χ1n) is 12.4. The van der Waals surface area contributed by atoms with Crippen LogP contribution in [-0.4, -0.2) is 73.8 Å². The summed E-state index contributed by atoms with van der Waals surface area (Å²) in [5, 5.41) is 2.27. The highest BCUT2D eigenvalue weighted by molar-refractivity contribution is 6.01. The van der Waals surface area contributed by atoms with E-state index in [0.717, 1.165) is 44.6 Å². The van der Waals surface area contributed by atoms with Gasteiger partial charge < -0.3 is 19.1 Å². The lowest BCUT2D eigenvalue weighted by atomic mass is 9.95. The number of hydrogen-bond donors (Lipinski definition) is 1. The van der Waals surface area contributed by atoms with Gasteiger partial charge in [0.15, 0.2) is 11.6 Å². The number of carbonyl (C=O) groups excluding carboxylic acids is 2. The van der Waals surface area contributed by atoms with Gasteiger partial charge in [0.2, 0.25) is 5.91 Å². The number of halogens is 1. The zero-order valence-electron chi connectivity index (χ0n) is 20.7. The summed E-state index contributed by atoms with van der Waals surface area (Å²) >= 11 is 0. The molecule has 2 aromatic carbocycles. The number of likely N-dealkylation sites (tertiary alicyclic amines) is 1. The van der Waals surface area contributed by atoms with Crippen molar-refractivity contribution in [3.8, 4) is 11.5 Å². The topological polar surface area (TPSA) is 80.3 Å². The summed E-state index contributed by atoms with van der Waals surface area (Å²) in [6.07, 6.45) is 3.28. The number of imide groups is 1. The van der Waals surface area contributed by atoms with Gasteiger partial charge in [-0.1, -0.05) is 24.3 Å². The first-order chi connectivity index (χ1) is 17.5. The fourth-order valence-corrected chi connectivity index (χ4v) is 4.62. The molecule has 1 unspecified atom stereocenters. The van der Waals surface area contributed by atoms with Crippen LogP contribution in [0.15, 0.2) is 48.5 Å². The zero-order chi connectivity index (χ0) is 25.4. The van der Waals surface area contributed by atoms with Crippen LogP contribution in [0.2, 0.25) is 0 Å². The summed E-state index contributed by atoms with van der Waals surface area (Å²) in [6, 6.07) is 14.2. The lowest BCUT2D eigenvalue weighted by Gasteiger charge is -2.31. The SMILES string of the molecule is COC1(COc2ccccc2F)CCCN(Cc2ccc(OCCCN3CC(=O)NC3=O)cc2)CC1. The maximum Gasteiger partial charge on any atom is 0.324 e. The van der Waals surface area contributed by atoms with E-state index in [2.05, 4.69) is 22.3 Å². The first-order valence-corrected chi connectivity index (χ1v) is 12.4. The minimum Gasteiger partial charge on any atom is -0.494 e. The van der Waals surface area contributed by atoms with Gasteiger partial charge >= 0.3 is 6.03 Å². The van der Waals surface area contributed by atoms with Gasteiger partial charge in [-0.25, -0.2) is 9.18 Å². The van der Waals surface area contributed by atoms with Crippen LogP contribution in [0.25, 0.3) is 0 Å². The van der Waals surface area contributed by atoms with E-state index < -0.39 is 5.60 Å². The Morgan fingerprint density at radius 3 is 2.56 bits per heavy atom. The molecule has 1 atom stereocenters. The van der Waals surface area contributed by atoms with Crippen LogP contribution in [0.5, 0.6) is 11.5 Å². The molecule has 0 saturated carbocycles. The maximum atomic E-state index is 14.0. The van der Waals surface area contributed by atoms with Gasteiger partial charge in [0.25, 0.3) is 0 Å². The molecule has 194 valence electrons. The second-order valence-electron chi connectivity index (χ2n) is 9.36. The molecule has 8 nitrogen and oxygen atoms in total. The predicted octanol–water partition coefficient (Wildman–Crippen LogP) is 3.60. The zero-order valence-corrected chi connectivity index (χ0v) is 20.7. The van der Waals surface area contributed by atoms with Crippen molar-refractivity contribution >= 4 is 11.9 Å². The van der Waals surface area contributed by atoms with Crippen molar-refractivity contribution < 1.29 is 28.2 Å². The number of methoxy groups -OCH3 is 1. The molecule has 9 heteroatoms. The van der Waals surface area contributed by atoms with Gasteiger partial charge in [-0.3, -0.25) is 15.0 Å². The molecule has 0 aliphatic carbocycles. The van der Waals surface area contributed by atoms with E-state index in [4.69, 9.17) is 14.2 Å². The Hall–Kier alpha value is -3.17. The Kier molecular flexibility index (Phi) is 8.77. The Morgan fingerprint density at radius 1 is 1.03 bits per heavy atom. The van der Waals surface area contributed by atoms with Crippen LogP contribution in [0.3, 0.4) is 0 Å². The van der Waals surface area contributed by atoms with Crippen molar-refractivity contribution in [2.24, 2.45) is 0 Å². The average molecular weight is 500 g/mol. The number of amides is 3. The molecule has 1 N–H and O–H groups in total. The molecule has 2 aliphatic heterocycles. The van der Waals surface area contributed by atoms with Gasteiger partial charge in [-0.15, -0.1) is 0 Å². The van der Waals surface area contributed by atoms with Crippen molar-refractivity contribution in [1.29, 1.82) is 0 Å². The maximum absolute atomic E-state index is 14.0. The molecule has 2 aliphatic rings. The quantitative estimate of drug-likeness (QED) is 0.376. The van der Waals surface area contributed by atoms with Crippen molar-refractivity contribution in [3.63, 3.8) is 0 Å². The molecule has 2 saturated heterocycles. The summed E-state index contributed by atoms with van der Waals surface area (Å²) in [7, 11) is 1.71. The lowest BCUT2D eigenvalue weighted by Crippen LogP contribution is -2.39. The van der Waals surface area contributed by atoms with E-state index in [1.165, 1.54) is 16.5 Å². The van der Waals surface area contributed by atoms with E-state index in [9.17, 15) is 14.0 Å². The van der Waals surface area contributed by atoms with E-state index >= 15 is 0 Å². The highest BCUT2D eigenvalue weighted by Crippen LogP contribution is 2.29. The second-order valence-corrected chi connectivity index (χ2v) is 9.36. The molecule has 2 heterocycles. The summed E-state index contributed by atoms with van der Waals surface area (Å²) in [6.45, 7) is 4.04. The molecular formula is C27H34FN3O5. The van der Waals surface area contributed by atoms with E-state index in [1.807, 2.05) is 12.1 Å². The molecule has 0 aromatic heterocycles. The summed E-state index contributed by atoms with van der Waals surface area (Å²) < 4.78 is 31.4. The van der Waals surface area contributed by atoms with Gasteiger partial charge in [0.05, 0.1) is 6.61 Å². The van der Waals surface area contributed by atoms with E-state index in [-0.39, 0.29) is 30.0 Å². The number of nitrogens with one attached hydrogen (secondary N) is 1. The van der Waals surface area contributed by atoms with Gasteiger partial charge in [-0.05, 0) is 62.1 Å². The molecule has 2 aromatic rings. The molecule has 0 spiro atoms. The average Bonchev–Trinajstić information content (AvgIpc) is 3.07. The smallest absolute Gasteiger partial charge is 0.324 e. The molecule has 2 fully saturated rings. The Bertz CT molecular complexity index is 1030. The number of benzene rings is 2. The number of carbonyl (C=O) groups is 2. The lowest BCUT2D eigenvalue weighted by molar-refractivity contribution is -0.118. The Morgan fingerprint density at radius 2 is 1.83 bits per heavy atom. The first kappa shape index (κ1) is 25.9. The van der Waals surface area contributed by atoms with Crippen molar-refractivity contribution in [1.82, 2.24) is 15.1 Å². The van der Waals surface area contributed by atoms with Gasteiger partial charge in [0.1, 0.15) is 24.5 Å². The third-order valence-electron chi connectivity index (χ3n) is 6.79. The largest absolute Gasteiger partial charge is 0.494 e. The Balaban J connectivity index is 1.21. The molecular weight excluding hydrogens is 465 g/mol. The van der Waals surface area contributed by atoms with Gasteiger partial charge in [-0.2, -0.15) is 0 Å². The fourth-order valence-electron chi connectivity index (χ4n) is 4.62. The van der Waals surface area contributed by atoms with Crippen LogP contribution in [0.1, 0.15) is 31.2 Å². The predicted molar refractivity (Wildman–Crippen MR) is 132 cm³/mol. The van der Waals surface area contributed by atoms with Crippen LogP contribution in [0, 0.1) is 5.82 Å². The standard InChI is InChI=1S/C27H34FN3O5/c1-34-27(20-36-24-7-3-2-6-23(24)28)12-4-14-30(16-13-27)18-21-8-10-22(11-9-21)35-17-5-15-31-19-25(32)29-26(31)33/h2-3,6-11H,4-5,12-20H2,1H3,(H,29,32,33).